The molecule has 0 spiro atoms. The van der Waals surface area contributed by atoms with Crippen molar-refractivity contribution in [3.8, 4) is 0 Å². The molecule has 110 valence electrons. The van der Waals surface area contributed by atoms with Gasteiger partial charge in [-0.25, -0.2) is 4.98 Å². The first-order valence-corrected chi connectivity index (χ1v) is 7.00. The van der Waals surface area contributed by atoms with Crippen molar-refractivity contribution in [3.63, 3.8) is 0 Å². The third-order valence-electron chi connectivity index (χ3n) is 3.32. The molecule has 0 aliphatic rings. The van der Waals surface area contributed by atoms with Gasteiger partial charge in [-0.15, -0.1) is 11.3 Å². The fraction of sp³-hybridized carbons (Fsp3) is 0.214. The van der Waals surface area contributed by atoms with Crippen molar-refractivity contribution in [1.82, 2.24) is 9.97 Å². The second-order valence-corrected chi connectivity index (χ2v) is 5.61. The summed E-state index contributed by atoms with van der Waals surface area (Å²) in [7, 11) is 0. The van der Waals surface area contributed by atoms with Crippen LogP contribution in [0.2, 0.25) is 0 Å². The lowest BCUT2D eigenvalue weighted by Crippen LogP contribution is -2.43. The van der Waals surface area contributed by atoms with Gasteiger partial charge in [0.05, 0.1) is 0 Å². The summed E-state index contributed by atoms with van der Waals surface area (Å²) in [5, 5.41) is 11.9. The minimum atomic E-state index is -4.87. The molecule has 3 nitrogen and oxygen atoms in total. The fourth-order valence-corrected chi connectivity index (χ4v) is 3.21. The summed E-state index contributed by atoms with van der Waals surface area (Å²) in [4.78, 5) is 6.61. The normalized spacial score (nSPS) is 15.3. The summed E-state index contributed by atoms with van der Waals surface area (Å²) < 4.78 is 40.8. The number of fused-ring (bicyclic) bond motifs is 1. The smallest absolute Gasteiger partial charge is 0.370 e. The highest BCUT2D eigenvalue weighted by molar-refractivity contribution is 7.09. The molecule has 1 atom stereocenters. The van der Waals surface area contributed by atoms with Crippen LogP contribution in [0.1, 0.15) is 16.3 Å². The molecule has 0 radical (unpaired) electrons. The van der Waals surface area contributed by atoms with E-state index in [-0.39, 0.29) is 10.6 Å². The van der Waals surface area contributed by atoms with Crippen LogP contribution in [-0.2, 0) is 5.60 Å². The summed E-state index contributed by atoms with van der Waals surface area (Å²) in [6, 6.07) is 6.54. The van der Waals surface area contributed by atoms with E-state index in [4.69, 9.17) is 0 Å². The number of hydrogen-bond donors (Lipinski definition) is 2. The van der Waals surface area contributed by atoms with Crippen molar-refractivity contribution in [2.75, 3.05) is 0 Å². The number of aromatic nitrogens is 2. The van der Waals surface area contributed by atoms with Gasteiger partial charge in [-0.2, -0.15) is 13.2 Å². The van der Waals surface area contributed by atoms with Gasteiger partial charge in [0.15, 0.2) is 0 Å². The Morgan fingerprint density at radius 3 is 2.57 bits per heavy atom. The molecule has 2 N–H and O–H groups in total. The van der Waals surface area contributed by atoms with Crippen LogP contribution in [0.5, 0.6) is 0 Å². The molecular formula is C14H11F3N2OS. The lowest BCUT2D eigenvalue weighted by atomic mass is 9.93. The summed E-state index contributed by atoms with van der Waals surface area (Å²) in [5.74, 6) is 0. The average molecular weight is 312 g/mol. The van der Waals surface area contributed by atoms with E-state index in [1.165, 1.54) is 11.6 Å². The molecule has 1 unspecified atom stereocenters. The molecule has 7 heteroatoms. The van der Waals surface area contributed by atoms with Gasteiger partial charge in [0.1, 0.15) is 5.01 Å². The highest BCUT2D eigenvalue weighted by Gasteiger charge is 2.59. The fourth-order valence-electron chi connectivity index (χ4n) is 2.28. The van der Waals surface area contributed by atoms with Gasteiger partial charge in [0, 0.05) is 33.7 Å². The third kappa shape index (κ3) is 2.04. The lowest BCUT2D eigenvalue weighted by Gasteiger charge is -2.28. The number of benzene rings is 1. The largest absolute Gasteiger partial charge is 0.428 e. The Kier molecular flexibility index (Phi) is 3.07. The molecular weight excluding hydrogens is 301 g/mol. The van der Waals surface area contributed by atoms with Crippen LogP contribution in [0.4, 0.5) is 13.2 Å². The summed E-state index contributed by atoms with van der Waals surface area (Å²) >= 11 is 0.795. The van der Waals surface area contributed by atoms with Gasteiger partial charge in [0.25, 0.3) is 0 Å². The number of nitrogens with zero attached hydrogens (tertiary/aromatic N) is 1. The summed E-state index contributed by atoms with van der Waals surface area (Å²) in [6.45, 7) is 1.59. The Bertz CT molecular complexity index is 793. The number of thiazole rings is 1. The standard InChI is InChI=1S/C14H11F3N2OS/c1-8-7-21-12(19-8)13(20,14(15,16)17)10-6-18-11-5-3-2-4-9(10)11/h2-7,18,20H,1H3. The minimum Gasteiger partial charge on any atom is -0.370 e. The van der Waals surface area contributed by atoms with Gasteiger partial charge in [-0.1, -0.05) is 18.2 Å². The van der Waals surface area contributed by atoms with Gasteiger partial charge in [0.2, 0.25) is 5.60 Å². The molecule has 3 rings (SSSR count). The maximum Gasteiger partial charge on any atom is 0.428 e. The van der Waals surface area contributed by atoms with Crippen LogP contribution in [0, 0.1) is 6.92 Å². The van der Waals surface area contributed by atoms with E-state index in [1.54, 1.807) is 31.2 Å². The lowest BCUT2D eigenvalue weighted by molar-refractivity contribution is -0.247. The highest BCUT2D eigenvalue weighted by Crippen LogP contribution is 2.47. The van der Waals surface area contributed by atoms with Gasteiger partial charge in [-0.05, 0) is 13.0 Å². The molecule has 3 aromatic rings. The van der Waals surface area contributed by atoms with E-state index < -0.39 is 11.8 Å². The average Bonchev–Trinajstić information content (AvgIpc) is 3.03. The first-order valence-electron chi connectivity index (χ1n) is 6.12. The van der Waals surface area contributed by atoms with E-state index >= 15 is 0 Å². The number of para-hydroxylation sites is 1. The summed E-state index contributed by atoms with van der Waals surface area (Å²) in [6.07, 6.45) is -3.68. The molecule has 0 fully saturated rings. The van der Waals surface area contributed by atoms with Crippen molar-refractivity contribution >= 4 is 22.2 Å². The van der Waals surface area contributed by atoms with Crippen molar-refractivity contribution in [1.29, 1.82) is 0 Å². The number of nitrogens with one attached hydrogen (secondary N) is 1. The van der Waals surface area contributed by atoms with Gasteiger partial charge >= 0.3 is 6.18 Å². The Morgan fingerprint density at radius 1 is 1.24 bits per heavy atom. The Balaban J connectivity index is 2.31. The zero-order valence-electron chi connectivity index (χ0n) is 10.9. The predicted molar refractivity (Wildman–Crippen MR) is 74.2 cm³/mol. The Morgan fingerprint density at radius 2 is 1.95 bits per heavy atom. The second kappa shape index (κ2) is 4.57. The molecule has 0 saturated carbocycles. The Labute approximate surface area is 122 Å². The topological polar surface area (TPSA) is 48.9 Å². The van der Waals surface area contributed by atoms with E-state index in [0.717, 1.165) is 11.3 Å². The molecule has 0 saturated heterocycles. The van der Waals surface area contributed by atoms with Crippen molar-refractivity contribution in [2.24, 2.45) is 0 Å². The SMILES string of the molecule is Cc1csc(C(O)(c2c[nH]c3ccccc23)C(F)(F)F)n1. The van der Waals surface area contributed by atoms with E-state index in [0.29, 0.717) is 16.6 Å². The van der Waals surface area contributed by atoms with Crippen LogP contribution in [0.15, 0.2) is 35.8 Å². The number of aliphatic hydroxyl groups is 1. The minimum absolute atomic E-state index is 0.236. The van der Waals surface area contributed by atoms with Gasteiger partial charge < -0.3 is 10.1 Å². The molecule has 2 aromatic heterocycles. The number of H-pyrrole nitrogens is 1. The van der Waals surface area contributed by atoms with Crippen molar-refractivity contribution in [2.45, 2.75) is 18.7 Å². The van der Waals surface area contributed by atoms with Crippen LogP contribution in [0.25, 0.3) is 10.9 Å². The number of hydrogen-bond acceptors (Lipinski definition) is 3. The van der Waals surface area contributed by atoms with Crippen molar-refractivity contribution in [3.05, 3.63) is 52.1 Å². The molecule has 0 bridgehead atoms. The maximum atomic E-state index is 13.6. The molecule has 21 heavy (non-hydrogen) atoms. The summed E-state index contributed by atoms with van der Waals surface area (Å²) in [5.41, 5.74) is -2.38. The monoisotopic (exact) mass is 312 g/mol. The maximum absolute atomic E-state index is 13.6. The highest BCUT2D eigenvalue weighted by atomic mass is 32.1. The second-order valence-electron chi connectivity index (χ2n) is 4.75. The zero-order valence-corrected chi connectivity index (χ0v) is 11.7. The molecule has 2 heterocycles. The Hall–Kier alpha value is -1.86. The number of rotatable bonds is 2. The van der Waals surface area contributed by atoms with Crippen LogP contribution >= 0.6 is 11.3 Å². The number of aryl methyl sites for hydroxylation is 1. The van der Waals surface area contributed by atoms with Crippen LogP contribution < -0.4 is 0 Å². The van der Waals surface area contributed by atoms with E-state index in [9.17, 15) is 18.3 Å². The predicted octanol–water partition coefficient (Wildman–Crippen LogP) is 3.73. The molecule has 0 amide bonds. The molecule has 0 aliphatic heterocycles. The van der Waals surface area contributed by atoms with E-state index in [1.807, 2.05) is 0 Å². The zero-order chi connectivity index (χ0) is 15.3. The van der Waals surface area contributed by atoms with E-state index in [2.05, 4.69) is 9.97 Å². The first kappa shape index (κ1) is 14.1. The van der Waals surface area contributed by atoms with Crippen LogP contribution in [0.3, 0.4) is 0 Å². The number of alkyl halides is 3. The first-order chi connectivity index (χ1) is 9.84. The molecule has 1 aromatic carbocycles. The third-order valence-corrected chi connectivity index (χ3v) is 4.39. The number of aromatic amines is 1. The molecule has 0 aliphatic carbocycles. The number of halogens is 3. The quantitative estimate of drug-likeness (QED) is 0.757. The van der Waals surface area contributed by atoms with Crippen LogP contribution in [-0.4, -0.2) is 21.3 Å². The van der Waals surface area contributed by atoms with Gasteiger partial charge in [-0.3, -0.25) is 0 Å². The van der Waals surface area contributed by atoms with Crippen molar-refractivity contribution < 1.29 is 18.3 Å².